The van der Waals surface area contributed by atoms with Crippen LogP contribution in [-0.4, -0.2) is 43.1 Å². The molecule has 0 spiro atoms. The molecule has 1 aromatic carbocycles. The maximum absolute atomic E-state index is 12.3. The lowest BCUT2D eigenvalue weighted by Crippen LogP contribution is -2.40. The third-order valence-corrected chi connectivity index (χ3v) is 5.78. The van der Waals surface area contributed by atoms with E-state index in [0.717, 1.165) is 5.56 Å². The van der Waals surface area contributed by atoms with Gasteiger partial charge in [0.1, 0.15) is 6.10 Å². The normalized spacial score (nSPS) is 19.4. The molecule has 1 fully saturated rings. The largest absolute Gasteiger partial charge is 0.446 e. The van der Waals surface area contributed by atoms with Crippen molar-refractivity contribution in [2.45, 2.75) is 55.6 Å². The average Bonchev–Trinajstić information content (AvgIpc) is 2.64. The molecule has 1 saturated carbocycles. The van der Waals surface area contributed by atoms with Crippen molar-refractivity contribution in [1.29, 1.82) is 0 Å². The number of nitrogens with zero attached hydrogens (tertiary/aromatic N) is 2. The van der Waals surface area contributed by atoms with Crippen molar-refractivity contribution in [3.8, 4) is 0 Å². The van der Waals surface area contributed by atoms with Crippen molar-refractivity contribution in [3.05, 3.63) is 42.2 Å². The highest BCUT2D eigenvalue weighted by Gasteiger charge is 2.34. The van der Waals surface area contributed by atoms with Gasteiger partial charge in [0.15, 0.2) is 0 Å². The number of hydrogen-bond acceptors (Lipinski definition) is 7. The summed E-state index contributed by atoms with van der Waals surface area (Å²) in [5.74, 6) is 0.478. The lowest BCUT2D eigenvalue weighted by molar-refractivity contribution is 0.0359. The first-order valence-corrected chi connectivity index (χ1v) is 11.1. The Bertz CT molecular complexity index is 997. The molecule has 9 nitrogen and oxygen atoms in total. The van der Waals surface area contributed by atoms with E-state index in [-0.39, 0.29) is 16.9 Å². The van der Waals surface area contributed by atoms with Gasteiger partial charge in [0.2, 0.25) is 22.4 Å². The van der Waals surface area contributed by atoms with Crippen molar-refractivity contribution >= 4 is 27.8 Å². The molecule has 0 bridgehead atoms. The molecule has 0 saturated heterocycles. The van der Waals surface area contributed by atoms with Crippen LogP contribution in [0.2, 0.25) is 0 Å². The van der Waals surface area contributed by atoms with Crippen LogP contribution < -0.4 is 15.8 Å². The summed E-state index contributed by atoms with van der Waals surface area (Å²) in [7, 11) is -3.75. The standard InChI is InChI=1S/C19H23F2N5O4S/c1-11(6-17(20)21)25-19(27)30-15-7-12(8-15)13-9-23-18(24-10-13)26-14-2-4-16(5-3-14)31(22,28)29/h2-5,9-12,15,17H,6-8H2,1H3,(H,25,27)(H2,22,28,29)(H,23,24,26)/t11-,12?,15?/m0/s1. The first kappa shape index (κ1) is 22.8. The van der Waals surface area contributed by atoms with Gasteiger partial charge >= 0.3 is 6.09 Å². The molecular formula is C19H23F2N5O4S. The van der Waals surface area contributed by atoms with E-state index in [2.05, 4.69) is 20.6 Å². The van der Waals surface area contributed by atoms with Gasteiger partial charge in [-0.15, -0.1) is 0 Å². The van der Waals surface area contributed by atoms with E-state index in [4.69, 9.17) is 9.88 Å². The van der Waals surface area contributed by atoms with Gasteiger partial charge in [0, 0.05) is 30.5 Å². The molecule has 1 heterocycles. The molecule has 0 aliphatic heterocycles. The molecule has 31 heavy (non-hydrogen) atoms. The van der Waals surface area contributed by atoms with E-state index in [1.54, 1.807) is 24.5 Å². The molecule has 3 rings (SSSR count). The van der Waals surface area contributed by atoms with Crippen molar-refractivity contribution in [1.82, 2.24) is 15.3 Å². The Labute approximate surface area is 178 Å². The van der Waals surface area contributed by atoms with E-state index < -0.39 is 35.0 Å². The molecular weight excluding hydrogens is 432 g/mol. The average molecular weight is 455 g/mol. The molecule has 168 valence electrons. The van der Waals surface area contributed by atoms with Crippen molar-refractivity contribution in [2.24, 2.45) is 5.14 Å². The summed E-state index contributed by atoms with van der Waals surface area (Å²) < 4.78 is 52.4. The Balaban J connectivity index is 1.46. The molecule has 1 aliphatic rings. The number of nitrogens with one attached hydrogen (secondary N) is 2. The van der Waals surface area contributed by atoms with Crippen LogP contribution in [-0.2, 0) is 14.8 Å². The molecule has 0 radical (unpaired) electrons. The molecule has 0 unspecified atom stereocenters. The van der Waals surface area contributed by atoms with Crippen LogP contribution >= 0.6 is 0 Å². The lowest BCUT2D eigenvalue weighted by atomic mass is 9.78. The minimum absolute atomic E-state index is 0.00762. The Kier molecular flexibility index (Phi) is 7.01. The zero-order valence-corrected chi connectivity index (χ0v) is 17.5. The fourth-order valence-corrected chi connectivity index (χ4v) is 3.63. The van der Waals surface area contributed by atoms with Crippen LogP contribution in [0.1, 0.15) is 37.7 Å². The van der Waals surface area contributed by atoms with Crippen molar-refractivity contribution in [3.63, 3.8) is 0 Å². The SMILES string of the molecule is C[C@@H](CC(F)F)NC(=O)OC1CC(c2cnc(Nc3ccc(S(N)(=O)=O)cc3)nc2)C1. The number of hydrogen-bond donors (Lipinski definition) is 3. The highest BCUT2D eigenvalue weighted by Crippen LogP contribution is 2.38. The zero-order chi connectivity index (χ0) is 22.6. The van der Waals surface area contributed by atoms with Crippen molar-refractivity contribution < 1.29 is 26.7 Å². The number of nitrogens with two attached hydrogens (primary N) is 1. The van der Waals surface area contributed by atoms with Gasteiger partial charge in [0.25, 0.3) is 0 Å². The van der Waals surface area contributed by atoms with E-state index >= 15 is 0 Å². The van der Waals surface area contributed by atoms with Gasteiger partial charge in [-0.3, -0.25) is 0 Å². The number of alkyl carbamates (subject to hydrolysis) is 1. The van der Waals surface area contributed by atoms with E-state index in [1.807, 2.05) is 0 Å². The number of anilines is 2. The quantitative estimate of drug-likeness (QED) is 0.557. The number of sulfonamides is 1. The van der Waals surface area contributed by atoms with Crippen LogP contribution in [0.25, 0.3) is 0 Å². The fraction of sp³-hybridized carbons (Fsp3) is 0.421. The minimum atomic E-state index is -3.75. The Morgan fingerprint density at radius 1 is 1.23 bits per heavy atom. The summed E-state index contributed by atoms with van der Waals surface area (Å²) in [4.78, 5) is 20.2. The number of rotatable bonds is 8. The predicted molar refractivity (Wildman–Crippen MR) is 109 cm³/mol. The topological polar surface area (TPSA) is 136 Å². The van der Waals surface area contributed by atoms with Crippen LogP contribution in [0.3, 0.4) is 0 Å². The zero-order valence-electron chi connectivity index (χ0n) is 16.7. The highest BCUT2D eigenvalue weighted by atomic mass is 32.2. The summed E-state index contributed by atoms with van der Waals surface area (Å²) in [5, 5.41) is 10.4. The Morgan fingerprint density at radius 2 is 1.84 bits per heavy atom. The number of alkyl halides is 2. The smallest absolute Gasteiger partial charge is 0.407 e. The van der Waals surface area contributed by atoms with Crippen molar-refractivity contribution in [2.75, 3.05) is 5.32 Å². The first-order valence-electron chi connectivity index (χ1n) is 9.57. The maximum Gasteiger partial charge on any atom is 0.407 e. The number of benzene rings is 1. The molecule has 1 aromatic heterocycles. The summed E-state index contributed by atoms with van der Waals surface area (Å²) in [6.45, 7) is 1.50. The first-order chi connectivity index (χ1) is 14.6. The minimum Gasteiger partial charge on any atom is -0.446 e. The molecule has 12 heteroatoms. The Morgan fingerprint density at radius 3 is 2.39 bits per heavy atom. The lowest BCUT2D eigenvalue weighted by Gasteiger charge is -2.34. The van der Waals surface area contributed by atoms with Gasteiger partial charge in [-0.2, -0.15) is 0 Å². The molecule has 1 amide bonds. The van der Waals surface area contributed by atoms with E-state index in [0.29, 0.717) is 24.5 Å². The number of carbonyl (C=O) groups is 1. The molecule has 4 N–H and O–H groups in total. The third kappa shape index (κ3) is 6.56. The summed E-state index contributed by atoms with van der Waals surface area (Å²) >= 11 is 0. The second-order valence-electron chi connectivity index (χ2n) is 7.40. The van der Waals surface area contributed by atoms with Crippen LogP contribution in [0, 0.1) is 0 Å². The summed E-state index contributed by atoms with van der Waals surface area (Å²) in [6.07, 6.45) is 0.654. The Hall–Kier alpha value is -2.86. The summed E-state index contributed by atoms with van der Waals surface area (Å²) in [6, 6.07) is 5.21. The number of carbonyl (C=O) groups excluding carboxylic acids is 1. The summed E-state index contributed by atoms with van der Waals surface area (Å²) in [5.41, 5.74) is 1.49. The van der Waals surface area contributed by atoms with Crippen LogP contribution in [0.5, 0.6) is 0 Å². The third-order valence-electron chi connectivity index (χ3n) is 4.85. The fourth-order valence-electron chi connectivity index (χ4n) is 3.12. The predicted octanol–water partition coefficient (Wildman–Crippen LogP) is 2.88. The van der Waals surface area contributed by atoms with Crippen LogP contribution in [0.4, 0.5) is 25.2 Å². The number of primary sulfonamides is 1. The molecule has 1 atom stereocenters. The van der Waals surface area contributed by atoms with Gasteiger partial charge in [-0.1, -0.05) is 0 Å². The second kappa shape index (κ2) is 9.52. The monoisotopic (exact) mass is 455 g/mol. The van der Waals surface area contributed by atoms with E-state index in [1.165, 1.54) is 19.1 Å². The second-order valence-corrected chi connectivity index (χ2v) is 8.96. The number of ether oxygens (including phenoxy) is 1. The molecule has 2 aromatic rings. The van der Waals surface area contributed by atoms with Crippen LogP contribution in [0.15, 0.2) is 41.6 Å². The maximum atomic E-state index is 12.3. The highest BCUT2D eigenvalue weighted by molar-refractivity contribution is 7.89. The number of aromatic nitrogens is 2. The van der Waals surface area contributed by atoms with Gasteiger partial charge in [-0.25, -0.2) is 37.1 Å². The van der Waals surface area contributed by atoms with Gasteiger partial charge in [-0.05, 0) is 55.5 Å². The molecule has 1 aliphatic carbocycles. The number of amides is 1. The number of halogens is 2. The van der Waals surface area contributed by atoms with Gasteiger partial charge in [0.05, 0.1) is 4.90 Å². The van der Waals surface area contributed by atoms with E-state index in [9.17, 15) is 22.0 Å². The van der Waals surface area contributed by atoms with Gasteiger partial charge < -0.3 is 15.4 Å².